The van der Waals surface area contributed by atoms with E-state index in [1.807, 2.05) is 13.2 Å². The first kappa shape index (κ1) is 17.3. The Bertz CT molecular complexity index is 666. The van der Waals surface area contributed by atoms with Gasteiger partial charge in [-0.2, -0.15) is 0 Å². The minimum absolute atomic E-state index is 0.0379. The van der Waals surface area contributed by atoms with Gasteiger partial charge in [-0.05, 0) is 87.1 Å². The molecule has 2 N–H and O–H groups in total. The van der Waals surface area contributed by atoms with Gasteiger partial charge in [-0.1, -0.05) is 11.8 Å². The second-order valence-electron chi connectivity index (χ2n) is 8.15. The van der Waals surface area contributed by atoms with E-state index >= 15 is 0 Å². The summed E-state index contributed by atoms with van der Waals surface area (Å²) in [5.74, 6) is 3.31. The first-order valence-corrected chi connectivity index (χ1v) is 10.7. The molecule has 1 aromatic rings. The highest BCUT2D eigenvalue weighted by molar-refractivity contribution is 7.98. The number of thiocarbonyl (C=S) groups is 1. The van der Waals surface area contributed by atoms with Gasteiger partial charge in [0.15, 0.2) is 5.11 Å². The van der Waals surface area contributed by atoms with Crippen molar-refractivity contribution in [2.75, 3.05) is 11.7 Å². The molecule has 136 valence electrons. The van der Waals surface area contributed by atoms with Gasteiger partial charge in [-0.3, -0.25) is 10.2 Å². The number of carbonyl (C=O) groups is 1. The van der Waals surface area contributed by atoms with Crippen LogP contribution in [0, 0.1) is 30.1 Å². The largest absolute Gasteiger partial charge is 0.302 e. The van der Waals surface area contributed by atoms with Gasteiger partial charge < -0.3 is 5.32 Å². The number of aromatic nitrogens is 3. The van der Waals surface area contributed by atoms with Gasteiger partial charge in [0, 0.05) is 6.42 Å². The Balaban J connectivity index is 1.36. The number of aryl methyl sites for hydroxylation is 1. The zero-order valence-corrected chi connectivity index (χ0v) is 16.4. The van der Waals surface area contributed by atoms with Crippen LogP contribution < -0.4 is 10.7 Å². The summed E-state index contributed by atoms with van der Waals surface area (Å²) in [7, 11) is 0. The van der Waals surface area contributed by atoms with Crippen molar-refractivity contribution < 1.29 is 4.79 Å². The monoisotopic (exact) mass is 379 g/mol. The summed E-state index contributed by atoms with van der Waals surface area (Å²) in [6.45, 7) is 1.85. The molecule has 0 aromatic carbocycles. The lowest BCUT2D eigenvalue weighted by molar-refractivity contribution is -0.127. The predicted molar refractivity (Wildman–Crippen MR) is 102 cm³/mol. The zero-order chi connectivity index (χ0) is 17.6. The summed E-state index contributed by atoms with van der Waals surface area (Å²) in [5.41, 5.74) is 3.25. The van der Waals surface area contributed by atoms with Crippen molar-refractivity contribution in [2.45, 2.75) is 57.0 Å². The third kappa shape index (κ3) is 3.43. The highest BCUT2D eigenvalue weighted by atomic mass is 32.2. The molecule has 0 aliphatic heterocycles. The van der Waals surface area contributed by atoms with E-state index in [-0.39, 0.29) is 11.3 Å². The molecule has 0 atom stereocenters. The van der Waals surface area contributed by atoms with E-state index in [0.29, 0.717) is 17.4 Å². The molecule has 0 spiro atoms. The van der Waals surface area contributed by atoms with Crippen LogP contribution >= 0.6 is 24.0 Å². The lowest BCUT2D eigenvalue weighted by Gasteiger charge is -2.56. The molecule has 1 heterocycles. The van der Waals surface area contributed by atoms with Crippen molar-refractivity contribution in [1.29, 1.82) is 0 Å². The standard InChI is InChI=1S/C17H25N5OS2/c1-10-19-20-16(25-2)22(10)21-15(24)18-14(23)9-17-6-11-3-12(7-17)5-13(4-11)8-17/h11-13H,3-9H2,1-2H3,(H2,18,21,23,24). The smallest absolute Gasteiger partial charge is 0.226 e. The minimum atomic E-state index is 0.0379. The maximum Gasteiger partial charge on any atom is 0.226 e. The van der Waals surface area contributed by atoms with Crippen molar-refractivity contribution >= 4 is 35.0 Å². The van der Waals surface area contributed by atoms with E-state index in [1.54, 1.807) is 4.68 Å². The first-order valence-electron chi connectivity index (χ1n) is 9.03. The van der Waals surface area contributed by atoms with Crippen LogP contribution in [-0.2, 0) is 4.79 Å². The Hall–Kier alpha value is -1.15. The maximum atomic E-state index is 12.6. The molecule has 0 radical (unpaired) electrons. The Morgan fingerprint density at radius 1 is 1.24 bits per heavy atom. The van der Waals surface area contributed by atoms with Gasteiger partial charge in [-0.25, -0.2) is 4.68 Å². The highest BCUT2D eigenvalue weighted by Gasteiger charge is 2.51. The van der Waals surface area contributed by atoms with Gasteiger partial charge in [0.25, 0.3) is 0 Å². The molecule has 4 bridgehead atoms. The molecule has 4 fully saturated rings. The van der Waals surface area contributed by atoms with Crippen LogP contribution in [0.15, 0.2) is 5.16 Å². The highest BCUT2D eigenvalue weighted by Crippen LogP contribution is 2.61. The minimum Gasteiger partial charge on any atom is -0.302 e. The molecule has 1 aromatic heterocycles. The third-order valence-electron chi connectivity index (χ3n) is 6.14. The summed E-state index contributed by atoms with van der Waals surface area (Å²) in [4.78, 5) is 12.6. The summed E-state index contributed by atoms with van der Waals surface area (Å²) in [6.07, 6.45) is 10.4. The van der Waals surface area contributed by atoms with E-state index in [0.717, 1.165) is 22.9 Å². The van der Waals surface area contributed by atoms with E-state index in [1.165, 1.54) is 50.3 Å². The van der Waals surface area contributed by atoms with Crippen LogP contribution in [0.5, 0.6) is 0 Å². The number of nitrogens with one attached hydrogen (secondary N) is 2. The van der Waals surface area contributed by atoms with Crippen molar-refractivity contribution in [3.8, 4) is 0 Å². The molecule has 4 aliphatic rings. The van der Waals surface area contributed by atoms with Gasteiger partial charge in [-0.15, -0.1) is 10.2 Å². The molecule has 5 rings (SSSR count). The van der Waals surface area contributed by atoms with E-state index in [4.69, 9.17) is 12.2 Å². The summed E-state index contributed by atoms with van der Waals surface area (Å²) < 4.78 is 1.71. The van der Waals surface area contributed by atoms with Crippen molar-refractivity contribution in [3.05, 3.63) is 5.82 Å². The lowest BCUT2D eigenvalue weighted by Crippen LogP contribution is -2.49. The number of hydrogen-bond donors (Lipinski definition) is 2. The van der Waals surface area contributed by atoms with Crippen LogP contribution in [0.4, 0.5) is 0 Å². The average Bonchev–Trinajstić information content (AvgIpc) is 2.85. The van der Waals surface area contributed by atoms with Gasteiger partial charge in [0.05, 0.1) is 0 Å². The van der Waals surface area contributed by atoms with Crippen molar-refractivity contribution in [3.63, 3.8) is 0 Å². The topological polar surface area (TPSA) is 71.8 Å². The normalized spacial score (nSPS) is 32.6. The van der Waals surface area contributed by atoms with Crippen LogP contribution in [0.2, 0.25) is 0 Å². The Morgan fingerprint density at radius 3 is 2.40 bits per heavy atom. The second-order valence-corrected chi connectivity index (χ2v) is 9.33. The van der Waals surface area contributed by atoms with E-state index in [9.17, 15) is 4.79 Å². The fourth-order valence-corrected chi connectivity index (χ4v) is 6.44. The molecule has 1 amide bonds. The van der Waals surface area contributed by atoms with Gasteiger partial charge >= 0.3 is 0 Å². The quantitative estimate of drug-likeness (QED) is 0.619. The Kier molecular flexibility index (Phi) is 4.52. The van der Waals surface area contributed by atoms with E-state index < -0.39 is 0 Å². The Morgan fingerprint density at radius 2 is 1.84 bits per heavy atom. The predicted octanol–water partition coefficient (Wildman–Crippen LogP) is 2.86. The number of rotatable bonds is 4. The summed E-state index contributed by atoms with van der Waals surface area (Å²) in [6, 6.07) is 0. The van der Waals surface area contributed by atoms with Gasteiger partial charge in [0.1, 0.15) is 5.82 Å². The average molecular weight is 380 g/mol. The van der Waals surface area contributed by atoms with Crippen LogP contribution in [0.25, 0.3) is 0 Å². The molecule has 25 heavy (non-hydrogen) atoms. The summed E-state index contributed by atoms with van der Waals surface area (Å²) >= 11 is 6.80. The lowest BCUT2D eigenvalue weighted by atomic mass is 9.49. The molecule has 0 unspecified atom stereocenters. The molecular formula is C17H25N5OS2. The first-order chi connectivity index (χ1) is 12.0. The molecule has 4 aliphatic carbocycles. The molecule has 6 nitrogen and oxygen atoms in total. The maximum absolute atomic E-state index is 12.6. The molecule has 0 saturated heterocycles. The van der Waals surface area contributed by atoms with Gasteiger partial charge in [0.2, 0.25) is 11.1 Å². The number of thioether (sulfide) groups is 1. The fourth-order valence-electron chi connectivity index (χ4n) is 5.75. The number of nitrogens with zero attached hydrogens (tertiary/aromatic N) is 3. The SMILES string of the molecule is CSc1nnc(C)n1NC(=S)NC(=O)CC12CC3CC(CC(C3)C1)C2. The summed E-state index contributed by atoms with van der Waals surface area (Å²) in [5, 5.41) is 12.0. The molecular weight excluding hydrogens is 354 g/mol. The second kappa shape index (κ2) is 6.54. The fraction of sp³-hybridized carbons (Fsp3) is 0.765. The number of amides is 1. The van der Waals surface area contributed by atoms with Crippen LogP contribution in [0.1, 0.15) is 50.8 Å². The van der Waals surface area contributed by atoms with Crippen LogP contribution in [0.3, 0.4) is 0 Å². The molecule has 4 saturated carbocycles. The number of carbonyl (C=O) groups excluding carboxylic acids is 1. The zero-order valence-electron chi connectivity index (χ0n) is 14.7. The van der Waals surface area contributed by atoms with Crippen molar-refractivity contribution in [2.24, 2.45) is 23.2 Å². The van der Waals surface area contributed by atoms with E-state index in [2.05, 4.69) is 20.9 Å². The van der Waals surface area contributed by atoms with Crippen molar-refractivity contribution in [1.82, 2.24) is 20.2 Å². The Labute approximate surface area is 157 Å². The molecule has 8 heteroatoms. The third-order valence-corrected chi connectivity index (χ3v) is 6.97. The van der Waals surface area contributed by atoms with Crippen LogP contribution in [-0.4, -0.2) is 32.1 Å². The number of hydrogen-bond acceptors (Lipinski definition) is 5.